The summed E-state index contributed by atoms with van der Waals surface area (Å²) in [5.74, 6) is 0. The van der Waals surface area contributed by atoms with Crippen molar-refractivity contribution in [2.24, 2.45) is 0 Å². The number of aliphatic hydroxyl groups excluding tert-OH is 1. The summed E-state index contributed by atoms with van der Waals surface area (Å²) in [6.07, 6.45) is -7.15. The standard InChI is InChI=1S/C12H8ClF3O/c13-8-4-5-9-7(6-8)2-1-3-10(9)11(17)12(14,15)16/h1-6,11,17H. The van der Waals surface area contributed by atoms with Gasteiger partial charge in [-0.05, 0) is 28.5 Å². The summed E-state index contributed by atoms with van der Waals surface area (Å²) in [6, 6.07) is 8.90. The van der Waals surface area contributed by atoms with E-state index in [9.17, 15) is 18.3 Å². The lowest BCUT2D eigenvalue weighted by Gasteiger charge is -2.16. The first-order valence-electron chi connectivity index (χ1n) is 4.82. The smallest absolute Gasteiger partial charge is 0.379 e. The lowest BCUT2D eigenvalue weighted by atomic mass is 10.0. The fourth-order valence-electron chi connectivity index (χ4n) is 1.69. The van der Waals surface area contributed by atoms with Crippen LogP contribution < -0.4 is 0 Å². The van der Waals surface area contributed by atoms with Crippen LogP contribution in [0.15, 0.2) is 36.4 Å². The Morgan fingerprint density at radius 3 is 2.47 bits per heavy atom. The number of hydrogen-bond donors (Lipinski definition) is 1. The van der Waals surface area contributed by atoms with E-state index in [0.717, 1.165) is 0 Å². The molecule has 2 rings (SSSR count). The number of aliphatic hydroxyl groups is 1. The van der Waals surface area contributed by atoms with Gasteiger partial charge in [0.25, 0.3) is 0 Å². The van der Waals surface area contributed by atoms with E-state index in [1.54, 1.807) is 12.1 Å². The molecule has 0 saturated carbocycles. The van der Waals surface area contributed by atoms with E-state index in [-0.39, 0.29) is 5.56 Å². The zero-order valence-corrected chi connectivity index (χ0v) is 9.26. The second-order valence-electron chi connectivity index (χ2n) is 3.66. The van der Waals surface area contributed by atoms with Gasteiger partial charge < -0.3 is 5.11 Å². The van der Waals surface area contributed by atoms with Crippen LogP contribution in [0.25, 0.3) is 10.8 Å². The van der Waals surface area contributed by atoms with Gasteiger partial charge in [-0.1, -0.05) is 35.9 Å². The highest BCUT2D eigenvalue weighted by Gasteiger charge is 2.39. The molecule has 17 heavy (non-hydrogen) atoms. The van der Waals surface area contributed by atoms with Crippen LogP contribution in [-0.4, -0.2) is 11.3 Å². The monoisotopic (exact) mass is 260 g/mol. The molecule has 0 heterocycles. The molecule has 0 fully saturated rings. The lowest BCUT2D eigenvalue weighted by Crippen LogP contribution is -2.20. The fourth-order valence-corrected chi connectivity index (χ4v) is 1.87. The van der Waals surface area contributed by atoms with Gasteiger partial charge in [-0.25, -0.2) is 0 Å². The molecule has 90 valence electrons. The molecule has 0 aromatic heterocycles. The van der Waals surface area contributed by atoms with Crippen LogP contribution in [0, 0.1) is 0 Å². The quantitative estimate of drug-likeness (QED) is 0.819. The number of benzene rings is 2. The number of halogens is 4. The fraction of sp³-hybridized carbons (Fsp3) is 0.167. The van der Waals surface area contributed by atoms with Crippen molar-refractivity contribution in [2.45, 2.75) is 12.3 Å². The van der Waals surface area contributed by atoms with Crippen molar-refractivity contribution in [3.63, 3.8) is 0 Å². The summed E-state index contributed by atoms with van der Waals surface area (Å²) in [5.41, 5.74) is -0.160. The Hall–Kier alpha value is -1.26. The average molecular weight is 261 g/mol. The van der Waals surface area contributed by atoms with Crippen molar-refractivity contribution in [1.82, 2.24) is 0 Å². The Morgan fingerprint density at radius 2 is 1.82 bits per heavy atom. The first-order valence-corrected chi connectivity index (χ1v) is 5.20. The first kappa shape index (κ1) is 12.2. The molecule has 2 aromatic rings. The summed E-state index contributed by atoms with van der Waals surface area (Å²) in [5, 5.41) is 10.6. The van der Waals surface area contributed by atoms with Crippen molar-refractivity contribution < 1.29 is 18.3 Å². The average Bonchev–Trinajstić information content (AvgIpc) is 2.25. The van der Waals surface area contributed by atoms with Crippen LogP contribution in [0.5, 0.6) is 0 Å². The van der Waals surface area contributed by atoms with Crippen molar-refractivity contribution in [2.75, 3.05) is 0 Å². The molecule has 0 aliphatic heterocycles. The Balaban J connectivity index is 2.63. The van der Waals surface area contributed by atoms with Gasteiger partial charge in [0, 0.05) is 5.02 Å². The molecule has 0 amide bonds. The van der Waals surface area contributed by atoms with E-state index < -0.39 is 12.3 Å². The van der Waals surface area contributed by atoms with E-state index in [1.807, 2.05) is 0 Å². The summed E-state index contributed by atoms with van der Waals surface area (Å²) < 4.78 is 37.4. The first-order chi connectivity index (χ1) is 7.89. The summed E-state index contributed by atoms with van der Waals surface area (Å²) in [6.45, 7) is 0. The second-order valence-corrected chi connectivity index (χ2v) is 4.09. The van der Waals surface area contributed by atoms with Gasteiger partial charge in [0.15, 0.2) is 6.10 Å². The molecule has 0 saturated heterocycles. The highest BCUT2D eigenvalue weighted by Crippen LogP contribution is 2.36. The molecular formula is C12H8ClF3O. The van der Waals surface area contributed by atoms with Crippen LogP contribution in [-0.2, 0) is 0 Å². The lowest BCUT2D eigenvalue weighted by molar-refractivity contribution is -0.206. The maximum atomic E-state index is 12.5. The molecule has 0 aliphatic rings. The number of fused-ring (bicyclic) bond motifs is 1. The third-order valence-corrected chi connectivity index (χ3v) is 2.72. The highest BCUT2D eigenvalue weighted by molar-refractivity contribution is 6.31. The van der Waals surface area contributed by atoms with Crippen LogP contribution in [0.1, 0.15) is 11.7 Å². The molecule has 1 atom stereocenters. The molecule has 0 aliphatic carbocycles. The maximum Gasteiger partial charge on any atom is 0.418 e. The van der Waals surface area contributed by atoms with Gasteiger partial charge in [0.05, 0.1) is 0 Å². The molecule has 1 nitrogen and oxygen atoms in total. The van der Waals surface area contributed by atoms with Gasteiger partial charge in [-0.3, -0.25) is 0 Å². The molecule has 0 spiro atoms. The third kappa shape index (κ3) is 2.37. The van der Waals surface area contributed by atoms with Crippen LogP contribution in [0.4, 0.5) is 13.2 Å². The van der Waals surface area contributed by atoms with Gasteiger partial charge in [0.1, 0.15) is 0 Å². The van der Waals surface area contributed by atoms with Crippen LogP contribution in [0.3, 0.4) is 0 Å². The highest BCUT2D eigenvalue weighted by atomic mass is 35.5. The van der Waals surface area contributed by atoms with E-state index >= 15 is 0 Å². The third-order valence-electron chi connectivity index (χ3n) is 2.48. The molecule has 2 aromatic carbocycles. The molecule has 0 bridgehead atoms. The molecule has 0 radical (unpaired) electrons. The Morgan fingerprint density at radius 1 is 1.12 bits per heavy atom. The van der Waals surface area contributed by atoms with E-state index in [2.05, 4.69) is 0 Å². The minimum Gasteiger partial charge on any atom is -0.379 e. The predicted octanol–water partition coefficient (Wildman–Crippen LogP) is 4.09. The van der Waals surface area contributed by atoms with Gasteiger partial charge in [-0.2, -0.15) is 13.2 Å². The van der Waals surface area contributed by atoms with Crippen molar-refractivity contribution in [3.05, 3.63) is 47.0 Å². The minimum absolute atomic E-state index is 0.160. The zero-order chi connectivity index (χ0) is 12.6. The van der Waals surface area contributed by atoms with E-state index in [1.165, 1.54) is 24.3 Å². The SMILES string of the molecule is OC(c1cccc2cc(Cl)ccc12)C(F)(F)F. The van der Waals surface area contributed by atoms with E-state index in [4.69, 9.17) is 11.6 Å². The predicted molar refractivity (Wildman–Crippen MR) is 60.0 cm³/mol. The Labute approximate surface area is 100 Å². The van der Waals surface area contributed by atoms with Crippen molar-refractivity contribution >= 4 is 22.4 Å². The molecule has 1 unspecified atom stereocenters. The second kappa shape index (κ2) is 4.20. The molecule has 5 heteroatoms. The van der Waals surface area contributed by atoms with Crippen molar-refractivity contribution in [3.8, 4) is 0 Å². The van der Waals surface area contributed by atoms with Gasteiger partial charge in [-0.15, -0.1) is 0 Å². The van der Waals surface area contributed by atoms with Crippen LogP contribution in [0.2, 0.25) is 5.02 Å². The number of hydrogen-bond acceptors (Lipinski definition) is 1. The summed E-state index contributed by atoms with van der Waals surface area (Å²) in [4.78, 5) is 0. The maximum absolute atomic E-state index is 12.5. The Bertz CT molecular complexity index is 551. The number of rotatable bonds is 1. The topological polar surface area (TPSA) is 20.2 Å². The zero-order valence-electron chi connectivity index (χ0n) is 8.50. The summed E-state index contributed by atoms with van der Waals surface area (Å²) >= 11 is 5.76. The van der Waals surface area contributed by atoms with E-state index in [0.29, 0.717) is 15.8 Å². The molecular weight excluding hydrogens is 253 g/mol. The van der Waals surface area contributed by atoms with Crippen LogP contribution >= 0.6 is 11.6 Å². The van der Waals surface area contributed by atoms with Crippen molar-refractivity contribution in [1.29, 1.82) is 0 Å². The minimum atomic E-state index is -4.67. The normalized spacial score (nSPS) is 13.9. The molecule has 1 N–H and O–H groups in total. The van der Waals surface area contributed by atoms with Gasteiger partial charge in [0.2, 0.25) is 0 Å². The summed E-state index contributed by atoms with van der Waals surface area (Å²) in [7, 11) is 0. The van der Waals surface area contributed by atoms with Gasteiger partial charge >= 0.3 is 6.18 Å². The largest absolute Gasteiger partial charge is 0.418 e. The Kier molecular flexibility index (Phi) is 3.02. The number of alkyl halides is 3.